The normalized spacial score (nSPS) is 20.3. The number of hydrogen-bond acceptors (Lipinski definition) is 7. The number of benzene rings is 1. The standard InChI is InChI=1S/C34H49N5O8/c1-36(2)30(43)26(21-27(40)41)37(3)31(44)28(24-15-8-9-16-24)38(4)32(45)34(18-10-11-19-34)35-29(42)25-17-12-20-39(25)33(46)47-22-23-13-6-5-7-14-23/h5-7,13-14,24-26,28H,8-12,15-22H2,1-4H3,(H,35,42)(H,40,41)/t25-,26-,28-/m0/s1. The molecule has 13 nitrogen and oxygen atoms in total. The fraction of sp³-hybridized carbons (Fsp3) is 0.647. The highest BCUT2D eigenvalue weighted by molar-refractivity contribution is 5.98. The molecule has 3 fully saturated rings. The molecule has 13 heteroatoms. The van der Waals surface area contributed by atoms with Gasteiger partial charge in [0.15, 0.2) is 0 Å². The summed E-state index contributed by atoms with van der Waals surface area (Å²) >= 11 is 0. The third kappa shape index (κ3) is 8.23. The van der Waals surface area contributed by atoms with Gasteiger partial charge in [0.2, 0.25) is 23.6 Å². The Labute approximate surface area is 276 Å². The molecule has 0 bridgehead atoms. The van der Waals surface area contributed by atoms with Gasteiger partial charge in [0.25, 0.3) is 0 Å². The van der Waals surface area contributed by atoms with Gasteiger partial charge in [-0.3, -0.25) is 28.9 Å². The fourth-order valence-corrected chi connectivity index (χ4v) is 7.39. The van der Waals surface area contributed by atoms with Gasteiger partial charge in [0, 0.05) is 34.7 Å². The molecule has 2 aliphatic carbocycles. The third-order valence-electron chi connectivity index (χ3n) is 9.97. The van der Waals surface area contributed by atoms with E-state index >= 15 is 0 Å². The van der Waals surface area contributed by atoms with E-state index in [4.69, 9.17) is 4.74 Å². The number of amides is 5. The smallest absolute Gasteiger partial charge is 0.410 e. The molecule has 0 radical (unpaired) electrons. The van der Waals surface area contributed by atoms with E-state index < -0.39 is 65.8 Å². The lowest BCUT2D eigenvalue weighted by molar-refractivity contribution is -0.156. The van der Waals surface area contributed by atoms with E-state index in [2.05, 4.69) is 5.32 Å². The molecule has 1 aromatic rings. The van der Waals surface area contributed by atoms with Gasteiger partial charge in [-0.15, -0.1) is 0 Å². The van der Waals surface area contributed by atoms with Crippen LogP contribution in [0.2, 0.25) is 0 Å². The number of nitrogens with zero attached hydrogens (tertiary/aromatic N) is 4. The molecule has 1 aliphatic heterocycles. The summed E-state index contributed by atoms with van der Waals surface area (Å²) in [5.74, 6) is -3.25. The molecule has 0 aromatic heterocycles. The Bertz CT molecular complexity index is 1310. The van der Waals surface area contributed by atoms with Crippen molar-refractivity contribution in [3.63, 3.8) is 0 Å². The van der Waals surface area contributed by atoms with Crippen LogP contribution in [0.5, 0.6) is 0 Å². The first-order valence-electron chi connectivity index (χ1n) is 16.6. The van der Waals surface area contributed by atoms with Gasteiger partial charge in [-0.05, 0) is 50.0 Å². The summed E-state index contributed by atoms with van der Waals surface area (Å²) in [4.78, 5) is 85.4. The van der Waals surface area contributed by atoms with E-state index in [1.54, 1.807) is 7.05 Å². The van der Waals surface area contributed by atoms with Crippen LogP contribution in [0, 0.1) is 5.92 Å². The van der Waals surface area contributed by atoms with Crippen LogP contribution in [0.3, 0.4) is 0 Å². The van der Waals surface area contributed by atoms with Crippen molar-refractivity contribution in [1.29, 1.82) is 0 Å². The van der Waals surface area contributed by atoms with Crippen molar-refractivity contribution >= 4 is 35.7 Å². The predicted molar refractivity (Wildman–Crippen MR) is 172 cm³/mol. The van der Waals surface area contributed by atoms with E-state index in [1.807, 2.05) is 30.3 Å². The van der Waals surface area contributed by atoms with Crippen molar-refractivity contribution < 1.29 is 38.6 Å². The lowest BCUT2D eigenvalue weighted by Crippen LogP contribution is -2.64. The molecule has 0 spiro atoms. The lowest BCUT2D eigenvalue weighted by atomic mass is 9.90. The van der Waals surface area contributed by atoms with Gasteiger partial charge in [-0.2, -0.15) is 0 Å². The van der Waals surface area contributed by atoms with Crippen LogP contribution in [-0.4, -0.2) is 119 Å². The second kappa shape index (κ2) is 15.6. The number of aliphatic carboxylic acids is 1. The second-order valence-electron chi connectivity index (χ2n) is 13.4. The topological polar surface area (TPSA) is 157 Å². The van der Waals surface area contributed by atoms with Crippen LogP contribution in [0.4, 0.5) is 4.79 Å². The van der Waals surface area contributed by atoms with Crippen LogP contribution in [0.15, 0.2) is 30.3 Å². The van der Waals surface area contributed by atoms with Crippen LogP contribution in [0.1, 0.15) is 76.2 Å². The highest BCUT2D eigenvalue weighted by atomic mass is 16.6. The lowest BCUT2D eigenvalue weighted by Gasteiger charge is -2.41. The summed E-state index contributed by atoms with van der Waals surface area (Å²) in [6.07, 6.45) is 5.24. The maximum atomic E-state index is 14.5. The molecule has 0 unspecified atom stereocenters. The third-order valence-corrected chi connectivity index (χ3v) is 9.97. The molecule has 3 atom stereocenters. The molecule has 4 rings (SSSR count). The molecule has 5 amide bonds. The first kappa shape index (κ1) is 35.7. The van der Waals surface area contributed by atoms with Crippen molar-refractivity contribution in [2.75, 3.05) is 34.7 Å². The Morgan fingerprint density at radius 3 is 2.13 bits per heavy atom. The van der Waals surface area contributed by atoms with E-state index in [1.165, 1.54) is 40.7 Å². The Morgan fingerprint density at radius 2 is 1.53 bits per heavy atom. The summed E-state index contributed by atoms with van der Waals surface area (Å²) in [5.41, 5.74) is -0.430. The Balaban J connectivity index is 1.53. The molecule has 2 N–H and O–H groups in total. The van der Waals surface area contributed by atoms with Crippen molar-refractivity contribution in [1.82, 2.24) is 24.9 Å². The molecule has 47 heavy (non-hydrogen) atoms. The molecule has 3 aliphatic rings. The average Bonchev–Trinajstić information content (AvgIpc) is 3.85. The predicted octanol–water partition coefficient (Wildman–Crippen LogP) is 2.62. The summed E-state index contributed by atoms with van der Waals surface area (Å²) in [6.45, 7) is 0.441. The van der Waals surface area contributed by atoms with Crippen LogP contribution < -0.4 is 5.32 Å². The Morgan fingerprint density at radius 1 is 0.894 bits per heavy atom. The van der Waals surface area contributed by atoms with Gasteiger partial charge in [0.1, 0.15) is 30.3 Å². The number of carboxylic acid groups (broad SMARTS) is 1. The largest absolute Gasteiger partial charge is 0.481 e. The zero-order chi connectivity index (χ0) is 34.3. The first-order chi connectivity index (χ1) is 22.4. The molecule has 258 valence electrons. The minimum atomic E-state index is -1.26. The van der Waals surface area contributed by atoms with E-state index in [9.17, 15) is 33.9 Å². The molecule has 1 aromatic carbocycles. The summed E-state index contributed by atoms with van der Waals surface area (Å²) in [7, 11) is 5.98. The number of carbonyl (C=O) groups is 6. The van der Waals surface area contributed by atoms with Gasteiger partial charge >= 0.3 is 12.1 Å². The van der Waals surface area contributed by atoms with Crippen molar-refractivity contribution in [2.45, 2.75) is 101 Å². The maximum Gasteiger partial charge on any atom is 0.410 e. The van der Waals surface area contributed by atoms with Gasteiger partial charge in [0.05, 0.1) is 6.42 Å². The van der Waals surface area contributed by atoms with Gasteiger partial charge in [-0.25, -0.2) is 4.79 Å². The fourth-order valence-electron chi connectivity index (χ4n) is 7.39. The van der Waals surface area contributed by atoms with E-state index in [0.717, 1.165) is 18.4 Å². The summed E-state index contributed by atoms with van der Waals surface area (Å²) in [5, 5.41) is 12.6. The molecule has 2 saturated carbocycles. The molecular weight excluding hydrogens is 606 g/mol. The number of carboxylic acids is 1. The average molecular weight is 656 g/mol. The van der Waals surface area contributed by atoms with Crippen molar-refractivity contribution in [3.8, 4) is 0 Å². The highest BCUT2D eigenvalue weighted by Crippen LogP contribution is 2.36. The van der Waals surface area contributed by atoms with Gasteiger partial charge in [-0.1, -0.05) is 56.0 Å². The zero-order valence-corrected chi connectivity index (χ0v) is 28.0. The highest BCUT2D eigenvalue weighted by Gasteiger charge is 2.50. The summed E-state index contributed by atoms with van der Waals surface area (Å²) in [6, 6.07) is 6.30. The van der Waals surface area contributed by atoms with Crippen molar-refractivity contribution in [2.24, 2.45) is 5.92 Å². The van der Waals surface area contributed by atoms with Crippen LogP contribution in [0.25, 0.3) is 0 Å². The Kier molecular flexibility index (Phi) is 11.9. The minimum Gasteiger partial charge on any atom is -0.481 e. The SMILES string of the molecule is CN(C)C(=O)[C@H](CC(=O)O)N(C)C(=O)[C@H](C1CCCC1)N(C)C(=O)C1(NC(=O)[C@@H]2CCCN2C(=O)OCc2ccccc2)CCCC1. The maximum absolute atomic E-state index is 14.5. The number of nitrogens with one attached hydrogen (secondary N) is 1. The Hall–Kier alpha value is -4.16. The molecular formula is C34H49N5O8. The zero-order valence-electron chi connectivity index (χ0n) is 28.0. The van der Waals surface area contributed by atoms with Crippen LogP contribution in [-0.2, 0) is 35.3 Å². The number of likely N-dealkylation sites (N-methyl/N-ethyl adjacent to an activating group) is 3. The second-order valence-corrected chi connectivity index (χ2v) is 13.4. The molecule has 1 heterocycles. The van der Waals surface area contributed by atoms with Gasteiger partial charge < -0.3 is 29.9 Å². The van der Waals surface area contributed by atoms with Crippen LogP contribution >= 0.6 is 0 Å². The monoisotopic (exact) mass is 655 g/mol. The van der Waals surface area contributed by atoms with E-state index in [-0.39, 0.29) is 12.5 Å². The molecule has 1 saturated heterocycles. The first-order valence-corrected chi connectivity index (χ1v) is 16.6. The number of hydrogen-bond donors (Lipinski definition) is 2. The quantitative estimate of drug-likeness (QED) is 0.348. The number of carbonyl (C=O) groups excluding carboxylic acids is 5. The summed E-state index contributed by atoms with van der Waals surface area (Å²) < 4.78 is 5.51. The number of ether oxygens (including phenoxy) is 1. The minimum absolute atomic E-state index is 0.0796. The van der Waals surface area contributed by atoms with Crippen molar-refractivity contribution in [3.05, 3.63) is 35.9 Å². The van der Waals surface area contributed by atoms with E-state index in [0.29, 0.717) is 57.9 Å². The number of rotatable bonds is 12. The number of likely N-dealkylation sites (tertiary alicyclic amines) is 1.